The van der Waals surface area contributed by atoms with Gasteiger partial charge in [-0.1, -0.05) is 31.4 Å². The molecule has 3 heteroatoms. The number of amides is 1. The average Bonchev–Trinajstić information content (AvgIpc) is 2.05. The lowest BCUT2D eigenvalue weighted by Gasteiger charge is -2.32. The molecule has 14 heavy (non-hydrogen) atoms. The van der Waals surface area contributed by atoms with E-state index in [0.717, 1.165) is 5.69 Å². The Morgan fingerprint density at radius 2 is 2.14 bits per heavy atom. The first-order valence-corrected chi connectivity index (χ1v) is 4.90. The molecule has 0 aliphatic carbocycles. The fourth-order valence-corrected chi connectivity index (χ4v) is 2.02. The Bertz CT molecular complexity index is 398. The van der Waals surface area contributed by atoms with E-state index in [4.69, 9.17) is 0 Å². The summed E-state index contributed by atoms with van der Waals surface area (Å²) in [5, 5.41) is 2.90. The van der Waals surface area contributed by atoms with Crippen molar-refractivity contribution < 1.29 is 4.79 Å². The molecular weight excluding hydrogens is 173 g/mol. The molecule has 1 aromatic rings. The minimum absolute atomic E-state index is 0.0380. The van der Waals surface area contributed by atoms with Crippen molar-refractivity contribution in [3.05, 3.63) is 23.8 Å². The predicted octanol–water partition coefficient (Wildman–Crippen LogP) is 0.565. The topological polar surface area (TPSA) is 29.1 Å². The van der Waals surface area contributed by atoms with E-state index in [2.05, 4.69) is 33.1 Å². The van der Waals surface area contributed by atoms with E-state index in [1.54, 1.807) is 0 Å². The van der Waals surface area contributed by atoms with E-state index in [-0.39, 0.29) is 11.3 Å². The van der Waals surface area contributed by atoms with Crippen LogP contribution in [0.2, 0.25) is 0 Å². The quantitative estimate of drug-likeness (QED) is 0.591. The van der Waals surface area contributed by atoms with Crippen LogP contribution in [0.3, 0.4) is 0 Å². The van der Waals surface area contributed by atoms with Crippen LogP contribution in [0, 0.1) is 0 Å². The van der Waals surface area contributed by atoms with Crippen LogP contribution in [-0.2, 0) is 10.2 Å². The molecule has 1 amide bonds. The largest absolute Gasteiger partial charge is 0.326 e. The van der Waals surface area contributed by atoms with Crippen LogP contribution in [0.5, 0.6) is 0 Å². The zero-order valence-electron chi connectivity index (χ0n) is 8.85. The van der Waals surface area contributed by atoms with Gasteiger partial charge in [0.05, 0.1) is 0 Å². The highest BCUT2D eigenvalue weighted by molar-refractivity contribution is 6.32. The lowest BCUT2D eigenvalue weighted by Crippen LogP contribution is -2.33. The molecule has 1 heterocycles. The molecule has 0 atom stereocenters. The Balaban J connectivity index is 2.58. The van der Waals surface area contributed by atoms with Gasteiger partial charge in [0.15, 0.2) is 0 Å². The van der Waals surface area contributed by atoms with Gasteiger partial charge in [-0.2, -0.15) is 0 Å². The summed E-state index contributed by atoms with van der Waals surface area (Å²) in [5.74, 6) is 0.117. The van der Waals surface area contributed by atoms with E-state index in [1.165, 1.54) is 11.0 Å². The number of anilines is 1. The van der Waals surface area contributed by atoms with Gasteiger partial charge >= 0.3 is 0 Å². The molecule has 72 valence electrons. The SMILES string of the molecule is Bc1ccc2c(c1)C(C)(C)CC(=O)N2. The standard InChI is InChI=1S/C11H14BNO/c1-11(2)6-10(14)13-9-4-3-7(12)5-8(9)11/h3-5H,6,12H2,1-2H3,(H,13,14). The zero-order valence-corrected chi connectivity index (χ0v) is 8.85. The van der Waals surface area contributed by atoms with Gasteiger partial charge in [0, 0.05) is 17.5 Å². The van der Waals surface area contributed by atoms with Crippen molar-refractivity contribution in [2.75, 3.05) is 5.32 Å². The second-order valence-corrected chi connectivity index (χ2v) is 4.66. The van der Waals surface area contributed by atoms with Gasteiger partial charge in [0.1, 0.15) is 7.85 Å². The Kier molecular flexibility index (Phi) is 1.91. The number of fused-ring (bicyclic) bond motifs is 1. The van der Waals surface area contributed by atoms with Gasteiger partial charge in [0.25, 0.3) is 0 Å². The third-order valence-electron chi connectivity index (χ3n) is 2.78. The average molecular weight is 187 g/mol. The third-order valence-corrected chi connectivity index (χ3v) is 2.78. The summed E-state index contributed by atoms with van der Waals surface area (Å²) < 4.78 is 0. The van der Waals surface area contributed by atoms with Gasteiger partial charge in [-0.15, -0.1) is 0 Å². The molecule has 1 aliphatic rings. The molecular formula is C11H14BNO. The molecule has 0 unspecified atom stereocenters. The molecule has 0 aromatic heterocycles. The number of hydrogen-bond donors (Lipinski definition) is 1. The minimum Gasteiger partial charge on any atom is -0.326 e. The number of benzene rings is 1. The maximum atomic E-state index is 11.4. The maximum absolute atomic E-state index is 11.4. The summed E-state index contributed by atoms with van der Waals surface area (Å²) in [5.41, 5.74) is 3.42. The summed E-state index contributed by atoms with van der Waals surface area (Å²) in [4.78, 5) is 11.4. The van der Waals surface area contributed by atoms with Crippen molar-refractivity contribution in [3.63, 3.8) is 0 Å². The first-order chi connectivity index (χ1) is 6.49. The second kappa shape index (κ2) is 2.87. The first-order valence-electron chi connectivity index (χ1n) is 4.90. The molecule has 1 N–H and O–H groups in total. The summed E-state index contributed by atoms with van der Waals surface area (Å²) in [6, 6.07) is 6.18. The molecule has 0 bridgehead atoms. The van der Waals surface area contributed by atoms with Crippen molar-refractivity contribution in [1.82, 2.24) is 0 Å². The van der Waals surface area contributed by atoms with E-state index in [1.807, 2.05) is 12.1 Å². The lowest BCUT2D eigenvalue weighted by atomic mass is 9.76. The highest BCUT2D eigenvalue weighted by Gasteiger charge is 2.31. The van der Waals surface area contributed by atoms with Crippen LogP contribution in [0.15, 0.2) is 18.2 Å². The van der Waals surface area contributed by atoms with Crippen molar-refractivity contribution in [2.24, 2.45) is 0 Å². The summed E-state index contributed by atoms with van der Waals surface area (Å²) in [6.45, 7) is 4.23. The van der Waals surface area contributed by atoms with Crippen LogP contribution in [0.1, 0.15) is 25.8 Å². The first kappa shape index (κ1) is 9.32. The molecule has 2 rings (SSSR count). The normalized spacial score (nSPS) is 18.6. The van der Waals surface area contributed by atoms with Crippen molar-refractivity contribution in [1.29, 1.82) is 0 Å². The number of carbonyl (C=O) groups excluding carboxylic acids is 1. The maximum Gasteiger partial charge on any atom is 0.225 e. The minimum atomic E-state index is -0.0380. The summed E-state index contributed by atoms with van der Waals surface area (Å²) in [7, 11) is 2.08. The molecule has 0 radical (unpaired) electrons. The Morgan fingerprint density at radius 3 is 2.86 bits per heavy atom. The number of rotatable bonds is 0. The van der Waals surface area contributed by atoms with Gasteiger partial charge < -0.3 is 5.32 Å². The van der Waals surface area contributed by atoms with E-state index in [9.17, 15) is 4.79 Å². The molecule has 0 saturated carbocycles. The van der Waals surface area contributed by atoms with E-state index in [0.29, 0.717) is 6.42 Å². The Morgan fingerprint density at radius 1 is 1.43 bits per heavy atom. The van der Waals surface area contributed by atoms with Crippen LogP contribution < -0.4 is 10.8 Å². The zero-order chi connectivity index (χ0) is 10.3. The second-order valence-electron chi connectivity index (χ2n) is 4.66. The lowest BCUT2D eigenvalue weighted by molar-refractivity contribution is -0.117. The molecule has 1 aromatic carbocycles. The Labute approximate surface area is 85.1 Å². The van der Waals surface area contributed by atoms with Crippen LogP contribution in [0.4, 0.5) is 5.69 Å². The van der Waals surface area contributed by atoms with Gasteiger partial charge in [-0.05, 0) is 11.6 Å². The molecule has 2 nitrogen and oxygen atoms in total. The smallest absolute Gasteiger partial charge is 0.225 e. The summed E-state index contributed by atoms with van der Waals surface area (Å²) >= 11 is 0. The monoisotopic (exact) mass is 187 g/mol. The third kappa shape index (κ3) is 1.43. The highest BCUT2D eigenvalue weighted by Crippen LogP contribution is 2.35. The number of nitrogens with one attached hydrogen (secondary N) is 1. The molecule has 0 saturated heterocycles. The number of carbonyl (C=O) groups is 1. The van der Waals surface area contributed by atoms with Crippen molar-refractivity contribution in [3.8, 4) is 0 Å². The molecule has 0 fully saturated rings. The fourth-order valence-electron chi connectivity index (χ4n) is 2.02. The highest BCUT2D eigenvalue weighted by atomic mass is 16.1. The predicted molar refractivity (Wildman–Crippen MR) is 60.9 cm³/mol. The molecule has 0 spiro atoms. The van der Waals surface area contributed by atoms with Crippen LogP contribution >= 0.6 is 0 Å². The van der Waals surface area contributed by atoms with Crippen molar-refractivity contribution >= 4 is 24.9 Å². The van der Waals surface area contributed by atoms with E-state index < -0.39 is 0 Å². The van der Waals surface area contributed by atoms with Gasteiger partial charge in [-0.25, -0.2) is 0 Å². The molecule has 1 aliphatic heterocycles. The van der Waals surface area contributed by atoms with Crippen LogP contribution in [0.25, 0.3) is 0 Å². The van der Waals surface area contributed by atoms with Gasteiger partial charge in [0.2, 0.25) is 5.91 Å². The van der Waals surface area contributed by atoms with E-state index >= 15 is 0 Å². The number of hydrogen-bond acceptors (Lipinski definition) is 1. The van der Waals surface area contributed by atoms with Gasteiger partial charge in [-0.3, -0.25) is 4.79 Å². The van der Waals surface area contributed by atoms with Crippen LogP contribution in [-0.4, -0.2) is 13.8 Å². The Hall–Kier alpha value is -1.25. The fraction of sp³-hybridized carbons (Fsp3) is 0.364. The van der Waals surface area contributed by atoms with Crippen molar-refractivity contribution in [2.45, 2.75) is 25.7 Å². The summed E-state index contributed by atoms with van der Waals surface area (Å²) in [6.07, 6.45) is 0.573.